The van der Waals surface area contributed by atoms with E-state index in [9.17, 15) is 9.59 Å². The molecule has 4 nitrogen and oxygen atoms in total. The monoisotopic (exact) mass is 464 g/mol. The number of hydrogen-bond acceptors (Lipinski definition) is 2. The van der Waals surface area contributed by atoms with E-state index in [0.717, 1.165) is 56.3 Å². The zero-order valence-electron chi connectivity index (χ0n) is 21.6. The molecule has 0 aromatic rings. The quantitative estimate of drug-likeness (QED) is 0.132. The van der Waals surface area contributed by atoms with Gasteiger partial charge in [0.1, 0.15) is 0 Å². The molecule has 4 atom stereocenters. The van der Waals surface area contributed by atoms with E-state index in [2.05, 4.69) is 26.0 Å². The van der Waals surface area contributed by atoms with Crippen molar-refractivity contribution < 1.29 is 19.8 Å². The van der Waals surface area contributed by atoms with Gasteiger partial charge in [0.25, 0.3) is 0 Å². The van der Waals surface area contributed by atoms with Gasteiger partial charge in [0.15, 0.2) is 0 Å². The van der Waals surface area contributed by atoms with E-state index >= 15 is 0 Å². The Morgan fingerprint density at radius 1 is 0.606 bits per heavy atom. The average molecular weight is 465 g/mol. The molecule has 0 radical (unpaired) electrons. The number of carboxylic acids is 2. The van der Waals surface area contributed by atoms with Crippen LogP contribution < -0.4 is 0 Å². The van der Waals surface area contributed by atoms with Crippen LogP contribution >= 0.6 is 0 Å². The molecule has 0 heterocycles. The molecule has 0 aliphatic heterocycles. The van der Waals surface area contributed by atoms with Crippen molar-refractivity contribution in [2.75, 3.05) is 0 Å². The molecule has 192 valence electrons. The Labute approximate surface area is 203 Å². The van der Waals surface area contributed by atoms with E-state index in [-0.39, 0.29) is 0 Å². The normalized spacial score (nSPS) is 22.5. The molecule has 1 aliphatic carbocycles. The average Bonchev–Trinajstić information content (AvgIpc) is 2.77. The molecule has 1 rings (SSSR count). The molecule has 0 saturated carbocycles. The third-order valence-electron chi connectivity index (χ3n) is 7.75. The molecular weight excluding hydrogens is 412 g/mol. The molecule has 0 saturated heterocycles. The van der Waals surface area contributed by atoms with Gasteiger partial charge in [0.05, 0.1) is 0 Å². The van der Waals surface area contributed by atoms with Crippen LogP contribution in [-0.2, 0) is 9.59 Å². The minimum absolute atomic E-state index is 0.306. The highest BCUT2D eigenvalue weighted by Crippen LogP contribution is 2.41. The van der Waals surface area contributed by atoms with Crippen molar-refractivity contribution >= 4 is 11.9 Å². The van der Waals surface area contributed by atoms with Crippen LogP contribution in [-0.4, -0.2) is 22.2 Å². The summed E-state index contributed by atoms with van der Waals surface area (Å²) >= 11 is 0. The summed E-state index contributed by atoms with van der Waals surface area (Å²) in [6, 6.07) is 0. The van der Waals surface area contributed by atoms with Crippen LogP contribution in [0.2, 0.25) is 0 Å². The first-order valence-electron chi connectivity index (χ1n) is 14.1. The SMILES string of the molecule is CCCCCCC1C=CC(CCCCCCCC(=O)O)C(CCCCCCCC(=O)O)C1C. The van der Waals surface area contributed by atoms with Gasteiger partial charge in [-0.3, -0.25) is 9.59 Å². The smallest absolute Gasteiger partial charge is 0.303 e. The number of hydrogen-bond donors (Lipinski definition) is 2. The summed E-state index contributed by atoms with van der Waals surface area (Å²) in [5.41, 5.74) is 0. The van der Waals surface area contributed by atoms with Crippen LogP contribution in [0.4, 0.5) is 0 Å². The van der Waals surface area contributed by atoms with Gasteiger partial charge in [-0.15, -0.1) is 0 Å². The second-order valence-electron chi connectivity index (χ2n) is 10.5. The van der Waals surface area contributed by atoms with Gasteiger partial charge in [0.2, 0.25) is 0 Å². The lowest BCUT2D eigenvalue weighted by atomic mass is 9.67. The second-order valence-corrected chi connectivity index (χ2v) is 10.5. The number of carboxylic acid groups (broad SMARTS) is 2. The van der Waals surface area contributed by atoms with Crippen molar-refractivity contribution in [3.8, 4) is 0 Å². The first-order chi connectivity index (χ1) is 16.0. The maximum atomic E-state index is 10.7. The zero-order chi connectivity index (χ0) is 24.3. The van der Waals surface area contributed by atoms with E-state index < -0.39 is 11.9 Å². The fraction of sp³-hybridized carbons (Fsp3) is 0.862. The fourth-order valence-corrected chi connectivity index (χ4v) is 5.64. The predicted octanol–water partition coefficient (Wildman–Crippen LogP) is 8.64. The highest BCUT2D eigenvalue weighted by molar-refractivity contribution is 5.66. The lowest BCUT2D eigenvalue weighted by Gasteiger charge is -2.38. The van der Waals surface area contributed by atoms with Gasteiger partial charge < -0.3 is 10.2 Å². The Balaban J connectivity index is 2.44. The van der Waals surface area contributed by atoms with E-state index in [4.69, 9.17) is 10.2 Å². The summed E-state index contributed by atoms with van der Waals surface area (Å²) in [7, 11) is 0. The summed E-state index contributed by atoms with van der Waals surface area (Å²) in [6.45, 7) is 4.77. The first kappa shape index (κ1) is 29.7. The van der Waals surface area contributed by atoms with Crippen molar-refractivity contribution in [1.29, 1.82) is 0 Å². The Hall–Kier alpha value is -1.32. The highest BCUT2D eigenvalue weighted by atomic mass is 16.4. The molecule has 2 N–H and O–H groups in total. The van der Waals surface area contributed by atoms with Crippen LogP contribution in [0, 0.1) is 23.7 Å². The van der Waals surface area contributed by atoms with Crippen molar-refractivity contribution in [2.24, 2.45) is 23.7 Å². The van der Waals surface area contributed by atoms with Crippen LogP contribution in [0.5, 0.6) is 0 Å². The van der Waals surface area contributed by atoms with Gasteiger partial charge in [-0.25, -0.2) is 0 Å². The molecule has 0 bridgehead atoms. The molecule has 0 amide bonds. The molecule has 4 heteroatoms. The van der Waals surface area contributed by atoms with E-state index in [1.165, 1.54) is 70.6 Å². The number of aliphatic carboxylic acids is 2. The van der Waals surface area contributed by atoms with Crippen molar-refractivity contribution in [3.05, 3.63) is 12.2 Å². The van der Waals surface area contributed by atoms with Gasteiger partial charge in [-0.05, 0) is 55.8 Å². The maximum absolute atomic E-state index is 10.7. The third-order valence-corrected chi connectivity index (χ3v) is 7.75. The van der Waals surface area contributed by atoms with Gasteiger partial charge >= 0.3 is 11.9 Å². The van der Waals surface area contributed by atoms with E-state index in [1.807, 2.05) is 0 Å². The minimum atomic E-state index is -0.676. The number of rotatable bonds is 21. The first-order valence-corrected chi connectivity index (χ1v) is 14.1. The number of allylic oxidation sites excluding steroid dienone is 2. The Morgan fingerprint density at radius 3 is 1.58 bits per heavy atom. The summed E-state index contributed by atoms with van der Waals surface area (Å²) in [4.78, 5) is 21.3. The topological polar surface area (TPSA) is 74.6 Å². The minimum Gasteiger partial charge on any atom is -0.481 e. The standard InChI is InChI=1S/C29H52O4/c1-3-4-5-12-17-25-22-23-26(18-13-8-6-10-15-20-28(30)31)27(24(25)2)19-14-9-7-11-16-21-29(32)33/h22-27H,3-21H2,1-2H3,(H,30,31)(H,32,33). The van der Waals surface area contributed by atoms with Gasteiger partial charge in [-0.1, -0.05) is 103 Å². The van der Waals surface area contributed by atoms with Gasteiger partial charge in [0, 0.05) is 12.8 Å². The Bertz CT molecular complexity index is 542. The molecule has 0 spiro atoms. The Morgan fingerprint density at radius 2 is 1.03 bits per heavy atom. The van der Waals surface area contributed by atoms with Crippen LogP contribution in [0.25, 0.3) is 0 Å². The summed E-state index contributed by atoms with van der Waals surface area (Å²) in [5.74, 6) is 1.60. The summed E-state index contributed by atoms with van der Waals surface area (Å²) in [6.07, 6.45) is 25.9. The van der Waals surface area contributed by atoms with E-state index in [1.54, 1.807) is 0 Å². The fourth-order valence-electron chi connectivity index (χ4n) is 5.64. The highest BCUT2D eigenvalue weighted by Gasteiger charge is 2.32. The summed E-state index contributed by atoms with van der Waals surface area (Å²) < 4.78 is 0. The molecule has 0 aromatic carbocycles. The molecule has 0 fully saturated rings. The number of carbonyl (C=O) groups is 2. The molecule has 1 aliphatic rings. The van der Waals surface area contributed by atoms with Crippen molar-refractivity contribution in [1.82, 2.24) is 0 Å². The molecule has 4 unspecified atom stereocenters. The van der Waals surface area contributed by atoms with E-state index in [0.29, 0.717) is 18.8 Å². The number of unbranched alkanes of at least 4 members (excludes halogenated alkanes) is 11. The second kappa shape index (κ2) is 19.0. The van der Waals surface area contributed by atoms with Gasteiger partial charge in [-0.2, -0.15) is 0 Å². The lowest BCUT2D eigenvalue weighted by molar-refractivity contribution is -0.138. The summed E-state index contributed by atoms with van der Waals surface area (Å²) in [5, 5.41) is 17.5. The van der Waals surface area contributed by atoms with Crippen LogP contribution in [0.1, 0.15) is 136 Å². The molecule has 0 aromatic heterocycles. The predicted molar refractivity (Wildman–Crippen MR) is 137 cm³/mol. The van der Waals surface area contributed by atoms with Crippen molar-refractivity contribution in [2.45, 2.75) is 136 Å². The Kier molecular flexibility index (Phi) is 17.1. The van der Waals surface area contributed by atoms with Crippen molar-refractivity contribution in [3.63, 3.8) is 0 Å². The molecular formula is C29H52O4. The third kappa shape index (κ3) is 14.5. The largest absolute Gasteiger partial charge is 0.481 e. The van der Waals surface area contributed by atoms with Crippen LogP contribution in [0.15, 0.2) is 12.2 Å². The lowest BCUT2D eigenvalue weighted by Crippen LogP contribution is -2.30. The maximum Gasteiger partial charge on any atom is 0.303 e. The van der Waals surface area contributed by atoms with Crippen LogP contribution in [0.3, 0.4) is 0 Å². The zero-order valence-corrected chi connectivity index (χ0v) is 21.6. The molecule has 33 heavy (non-hydrogen) atoms.